The number of fused-ring (bicyclic) bond motifs is 2. The Balaban J connectivity index is 1.97. The van der Waals surface area contributed by atoms with Crippen LogP contribution in [-0.4, -0.2) is 22.1 Å². The van der Waals surface area contributed by atoms with E-state index in [1.54, 1.807) is 0 Å². The molecule has 2 atom stereocenters. The van der Waals surface area contributed by atoms with Gasteiger partial charge in [-0.2, -0.15) is 0 Å². The molecule has 227 valence electrons. The molecule has 0 bridgehead atoms. The Hall–Kier alpha value is -1.53. The first-order chi connectivity index (χ1) is 20.6. The molecule has 4 aromatic rings. The third-order valence-electron chi connectivity index (χ3n) is 10.6. The SMILES string of the molecule is C[SiH](C)[Zr]([Cl])([Cl])([C]1(c2ccccc2)C([Si](C)(C)C)=Cc2ccccc21)[C]1(c2ccccc2)C([Si](C)(C)C)=Cc2ccccc21. The zero-order chi connectivity index (χ0) is 31.8. The van der Waals surface area contributed by atoms with Gasteiger partial charge in [0.2, 0.25) is 0 Å². The van der Waals surface area contributed by atoms with Crippen molar-refractivity contribution in [3.05, 3.63) is 153 Å². The summed E-state index contributed by atoms with van der Waals surface area (Å²) in [6.45, 7) is 20.0. The van der Waals surface area contributed by atoms with Crippen molar-refractivity contribution in [1.29, 1.82) is 0 Å². The average Bonchev–Trinajstić information content (AvgIpc) is 3.55. The molecule has 0 amide bonds. The van der Waals surface area contributed by atoms with Crippen LogP contribution in [0.2, 0.25) is 52.4 Å². The van der Waals surface area contributed by atoms with Crippen LogP contribution in [0.1, 0.15) is 33.4 Å². The summed E-state index contributed by atoms with van der Waals surface area (Å²) in [5.74, 6) is -1.93. The Bertz CT molecular complexity index is 1670. The summed E-state index contributed by atoms with van der Waals surface area (Å²) in [5, 5.41) is 3.01. The first kappa shape index (κ1) is 32.4. The topological polar surface area (TPSA) is 0 Å². The average molecular weight is 748 g/mol. The molecule has 2 unspecified atom stereocenters. The van der Waals surface area contributed by atoms with Crippen molar-refractivity contribution in [1.82, 2.24) is 0 Å². The molecule has 0 fully saturated rings. The molecule has 6 heteroatoms. The minimum atomic E-state index is -5.57. The molecule has 0 aliphatic heterocycles. The molecule has 44 heavy (non-hydrogen) atoms. The molecule has 0 N–H and O–H groups in total. The third-order valence-corrected chi connectivity index (χ3v) is 71.2. The molecule has 0 aromatic heterocycles. The number of halogens is 2. The quantitative estimate of drug-likeness (QED) is 0.165. The van der Waals surface area contributed by atoms with Crippen LogP contribution in [0.15, 0.2) is 120 Å². The van der Waals surface area contributed by atoms with Gasteiger partial charge in [0.25, 0.3) is 0 Å². The third kappa shape index (κ3) is 4.07. The van der Waals surface area contributed by atoms with Crippen LogP contribution < -0.4 is 0 Å². The van der Waals surface area contributed by atoms with Crippen LogP contribution in [0.3, 0.4) is 0 Å². The summed E-state index contributed by atoms with van der Waals surface area (Å²) in [4.78, 5) is 0. The number of allylic oxidation sites excluding steroid dienone is 2. The van der Waals surface area contributed by atoms with Gasteiger partial charge in [0.15, 0.2) is 0 Å². The van der Waals surface area contributed by atoms with Gasteiger partial charge in [-0.3, -0.25) is 0 Å². The van der Waals surface area contributed by atoms with Crippen LogP contribution >= 0.6 is 17.0 Å². The zero-order valence-electron chi connectivity index (χ0n) is 27.4. The van der Waals surface area contributed by atoms with Crippen molar-refractivity contribution < 1.29 is 15.6 Å². The van der Waals surface area contributed by atoms with Gasteiger partial charge in [0.05, 0.1) is 0 Å². The van der Waals surface area contributed by atoms with E-state index in [1.807, 2.05) is 0 Å². The van der Waals surface area contributed by atoms with E-state index in [0.29, 0.717) is 0 Å². The zero-order valence-corrected chi connectivity index (χ0v) is 34.5. The summed E-state index contributed by atoms with van der Waals surface area (Å²) >= 11 is -5.57. The van der Waals surface area contributed by atoms with Crippen LogP contribution in [0.5, 0.6) is 0 Å². The molecule has 0 heterocycles. The predicted octanol–water partition coefficient (Wildman–Crippen LogP) is 11.4. The van der Waals surface area contributed by atoms with Crippen LogP contribution in [-0.2, 0) is 21.8 Å². The molecule has 0 spiro atoms. The second-order valence-electron chi connectivity index (χ2n) is 15.3. The maximum atomic E-state index is 9.38. The summed E-state index contributed by atoms with van der Waals surface area (Å²) < 4.78 is -1.17. The van der Waals surface area contributed by atoms with Crippen molar-refractivity contribution in [2.45, 2.75) is 58.6 Å². The molecular formula is C38H45Cl2Si3Zr. The molecule has 4 aromatic carbocycles. The maximum absolute atomic E-state index is 9.38. The van der Waals surface area contributed by atoms with Crippen LogP contribution in [0, 0.1) is 0 Å². The van der Waals surface area contributed by atoms with E-state index in [-0.39, 0.29) is 0 Å². The number of hydrogen-bond donors (Lipinski definition) is 0. The van der Waals surface area contributed by atoms with Gasteiger partial charge in [-0.15, -0.1) is 0 Å². The first-order valence-electron chi connectivity index (χ1n) is 16.0. The molecule has 0 saturated heterocycles. The number of benzene rings is 4. The van der Waals surface area contributed by atoms with Crippen molar-refractivity contribution in [2.24, 2.45) is 0 Å². The standard InChI is InChI=1S/2C18H19Si.C2H7Si.2ClH.Zr/c2*1-19(2,3)17-13-15-11-7-8-12-16(15)18(17)14-9-5-4-6-10-14;1-3-2;;;/h2*4-13H,1-3H3;3H,1-2H3;2*1H;/q;;;;;+2/p-2. The second-order valence-corrected chi connectivity index (χ2v) is 66.8. The van der Waals surface area contributed by atoms with Gasteiger partial charge < -0.3 is 0 Å². The minimum absolute atomic E-state index is 0.584. The molecule has 2 aliphatic rings. The molecular weight excluding hydrogens is 703 g/mol. The van der Waals surface area contributed by atoms with E-state index in [2.05, 4.69) is 174 Å². The van der Waals surface area contributed by atoms with Gasteiger partial charge in [-0.05, 0) is 0 Å². The van der Waals surface area contributed by atoms with Gasteiger partial charge >= 0.3 is 278 Å². The molecule has 0 saturated carbocycles. The molecule has 0 nitrogen and oxygen atoms in total. The van der Waals surface area contributed by atoms with E-state index < -0.39 is 43.9 Å². The van der Waals surface area contributed by atoms with Gasteiger partial charge in [-0.1, -0.05) is 0 Å². The summed E-state index contributed by atoms with van der Waals surface area (Å²) in [6.07, 6.45) is 5.06. The van der Waals surface area contributed by atoms with Crippen LogP contribution in [0.25, 0.3) is 12.2 Å². The van der Waals surface area contributed by atoms with Gasteiger partial charge in [0.1, 0.15) is 0 Å². The van der Waals surface area contributed by atoms with Gasteiger partial charge in [0, 0.05) is 0 Å². The van der Waals surface area contributed by atoms with Gasteiger partial charge in [-0.25, -0.2) is 0 Å². The van der Waals surface area contributed by atoms with E-state index in [9.17, 15) is 17.0 Å². The fourth-order valence-electron chi connectivity index (χ4n) is 8.97. The molecule has 6 rings (SSSR count). The summed E-state index contributed by atoms with van der Waals surface area (Å²) in [6, 6.07) is 40.7. The Morgan fingerprint density at radius 3 is 1.14 bits per heavy atom. The van der Waals surface area contributed by atoms with Crippen molar-refractivity contribution in [2.75, 3.05) is 0 Å². The first-order valence-corrected chi connectivity index (χ1v) is 38.9. The fourth-order valence-corrected chi connectivity index (χ4v) is 63.8. The molecule has 0 radical (unpaired) electrons. The number of rotatable bonds is 7. The van der Waals surface area contributed by atoms with E-state index in [1.165, 1.54) is 43.8 Å². The Labute approximate surface area is 276 Å². The van der Waals surface area contributed by atoms with E-state index >= 15 is 0 Å². The Morgan fingerprint density at radius 1 is 0.500 bits per heavy atom. The van der Waals surface area contributed by atoms with Crippen molar-refractivity contribution >= 4 is 51.2 Å². The summed E-state index contributed by atoms with van der Waals surface area (Å²) in [5.41, 5.74) is 7.80. The van der Waals surface area contributed by atoms with Crippen molar-refractivity contribution in [3.8, 4) is 0 Å². The fraction of sp³-hybridized carbons (Fsp3) is 0.263. The Kier molecular flexibility index (Phi) is 7.92. The number of hydrogen-bond acceptors (Lipinski definition) is 0. The molecule has 2 aliphatic carbocycles. The summed E-state index contributed by atoms with van der Waals surface area (Å²) in [7, 11) is 14.7. The van der Waals surface area contributed by atoms with Crippen LogP contribution in [0.4, 0.5) is 0 Å². The van der Waals surface area contributed by atoms with E-state index in [4.69, 9.17) is 0 Å². The normalized spacial score (nSPS) is 22.6. The second kappa shape index (κ2) is 10.8. The predicted molar refractivity (Wildman–Crippen MR) is 201 cm³/mol. The van der Waals surface area contributed by atoms with E-state index in [0.717, 1.165) is 0 Å². The Morgan fingerprint density at radius 2 is 0.818 bits per heavy atom. The van der Waals surface area contributed by atoms with Crippen molar-refractivity contribution in [3.63, 3.8) is 0 Å². The monoisotopic (exact) mass is 745 g/mol.